The Morgan fingerprint density at radius 3 is 2.71 bits per heavy atom. The number of ether oxygens (including phenoxy) is 1. The molecular weight excluding hydrogens is 407 g/mol. The number of nitrogens with one attached hydrogen (secondary N) is 1. The van der Waals surface area contributed by atoms with Crippen LogP contribution in [-0.4, -0.2) is 18.7 Å². The number of benzene rings is 1. The zero-order valence-corrected chi connectivity index (χ0v) is 14.9. The summed E-state index contributed by atoms with van der Waals surface area (Å²) in [5, 5.41) is 2.53. The number of hydrogen-bond donors (Lipinski definition) is 1. The van der Waals surface area contributed by atoms with Crippen molar-refractivity contribution in [2.45, 2.75) is 13.1 Å². The maximum absolute atomic E-state index is 12.3. The molecule has 0 unspecified atom stereocenters. The van der Waals surface area contributed by atoms with Crippen LogP contribution in [0.1, 0.15) is 10.4 Å². The molecule has 24 heavy (non-hydrogen) atoms. The summed E-state index contributed by atoms with van der Waals surface area (Å²) in [6, 6.07) is 8.32. The third-order valence-corrected chi connectivity index (χ3v) is 4.37. The number of halogens is 4. The Labute approximate surface area is 149 Å². The van der Waals surface area contributed by atoms with Gasteiger partial charge in [0, 0.05) is 11.0 Å². The van der Waals surface area contributed by atoms with Crippen LogP contribution in [-0.2, 0) is 4.79 Å². The van der Waals surface area contributed by atoms with E-state index in [1.54, 1.807) is 19.1 Å². The Bertz CT molecular complexity index is 756. The van der Waals surface area contributed by atoms with Gasteiger partial charge in [-0.25, -0.2) is 0 Å². The van der Waals surface area contributed by atoms with Gasteiger partial charge < -0.3 is 10.1 Å². The monoisotopic (exact) mass is 419 g/mol. The summed E-state index contributed by atoms with van der Waals surface area (Å²) in [4.78, 5) is 12.8. The Kier molecular flexibility index (Phi) is 6.06. The molecule has 0 aliphatic heterocycles. The lowest BCUT2D eigenvalue weighted by Crippen LogP contribution is -2.20. The third-order valence-electron chi connectivity index (χ3n) is 2.78. The lowest BCUT2D eigenvalue weighted by molar-refractivity contribution is -0.153. The number of thiophene rings is 1. The zero-order chi connectivity index (χ0) is 17.7. The number of amides is 1. The van der Waals surface area contributed by atoms with Gasteiger partial charge in [-0.3, -0.25) is 4.79 Å². The van der Waals surface area contributed by atoms with Gasteiger partial charge in [0.05, 0.1) is 9.47 Å². The molecule has 0 saturated heterocycles. The second-order valence-corrected chi connectivity index (χ2v) is 7.36. The van der Waals surface area contributed by atoms with Crippen molar-refractivity contribution in [1.29, 1.82) is 0 Å². The maximum atomic E-state index is 12.3. The summed E-state index contributed by atoms with van der Waals surface area (Å²) >= 11 is 4.77. The minimum absolute atomic E-state index is 0.0204. The molecular formula is C16H13BrF3NO2S. The van der Waals surface area contributed by atoms with Crippen LogP contribution in [0.3, 0.4) is 0 Å². The highest BCUT2D eigenvalue weighted by atomic mass is 79.9. The number of alkyl halides is 3. The predicted octanol–water partition coefficient (Wildman–Crippen LogP) is 5.41. The van der Waals surface area contributed by atoms with Crippen molar-refractivity contribution in [3.05, 3.63) is 50.6 Å². The van der Waals surface area contributed by atoms with Gasteiger partial charge in [-0.15, -0.1) is 11.3 Å². The van der Waals surface area contributed by atoms with Gasteiger partial charge in [0.25, 0.3) is 0 Å². The van der Waals surface area contributed by atoms with Crippen LogP contribution in [0.5, 0.6) is 5.75 Å². The van der Waals surface area contributed by atoms with E-state index in [-0.39, 0.29) is 11.4 Å². The highest BCUT2D eigenvalue weighted by Gasteiger charge is 2.28. The highest BCUT2D eigenvalue weighted by Crippen LogP contribution is 2.28. The molecule has 8 heteroatoms. The normalized spacial score (nSPS) is 11.7. The van der Waals surface area contributed by atoms with Gasteiger partial charge in [-0.05, 0) is 58.8 Å². The smallest absolute Gasteiger partial charge is 0.422 e. The van der Waals surface area contributed by atoms with Crippen LogP contribution < -0.4 is 10.1 Å². The van der Waals surface area contributed by atoms with E-state index in [0.717, 1.165) is 14.2 Å². The molecule has 1 aromatic carbocycles. The molecule has 0 atom stereocenters. The summed E-state index contributed by atoms with van der Waals surface area (Å²) in [6.45, 7) is 0.305. The summed E-state index contributed by atoms with van der Waals surface area (Å²) in [5.41, 5.74) is 0.913. The molecule has 0 bridgehead atoms. The van der Waals surface area contributed by atoms with Crippen LogP contribution in [0, 0.1) is 6.92 Å². The van der Waals surface area contributed by atoms with Gasteiger partial charge in [-0.1, -0.05) is 6.07 Å². The average Bonchev–Trinajstić information content (AvgIpc) is 2.90. The van der Waals surface area contributed by atoms with E-state index in [9.17, 15) is 18.0 Å². The highest BCUT2D eigenvalue weighted by molar-refractivity contribution is 9.11. The van der Waals surface area contributed by atoms with Gasteiger partial charge in [0.1, 0.15) is 5.75 Å². The minimum atomic E-state index is -4.45. The second kappa shape index (κ2) is 7.85. The number of hydrogen-bond acceptors (Lipinski definition) is 3. The number of carbonyl (C=O) groups excluding carboxylic acids is 1. The fraction of sp³-hybridized carbons (Fsp3) is 0.188. The molecule has 0 spiro atoms. The van der Waals surface area contributed by atoms with Crippen molar-refractivity contribution >= 4 is 44.9 Å². The number of aryl methyl sites for hydroxylation is 1. The van der Waals surface area contributed by atoms with Crippen LogP contribution in [0.4, 0.5) is 18.9 Å². The first-order chi connectivity index (χ1) is 11.2. The van der Waals surface area contributed by atoms with E-state index in [2.05, 4.69) is 21.2 Å². The van der Waals surface area contributed by atoms with E-state index in [1.165, 1.54) is 29.5 Å². The molecule has 2 aromatic rings. The molecule has 2 rings (SSSR count). The Morgan fingerprint density at radius 2 is 2.08 bits per heavy atom. The van der Waals surface area contributed by atoms with Crippen LogP contribution >= 0.6 is 27.3 Å². The quantitative estimate of drug-likeness (QED) is 0.657. The fourth-order valence-electron chi connectivity index (χ4n) is 1.76. The molecule has 1 heterocycles. The van der Waals surface area contributed by atoms with Gasteiger partial charge in [-0.2, -0.15) is 13.2 Å². The van der Waals surface area contributed by atoms with Crippen molar-refractivity contribution in [2.24, 2.45) is 0 Å². The van der Waals surface area contributed by atoms with E-state index < -0.39 is 18.7 Å². The molecule has 0 saturated carbocycles. The molecule has 1 amide bonds. The number of rotatable bonds is 5. The number of carbonyl (C=O) groups is 1. The Hall–Kier alpha value is -1.80. The molecule has 0 aliphatic rings. The summed E-state index contributed by atoms with van der Waals surface area (Å²) in [5.74, 6) is -0.479. The van der Waals surface area contributed by atoms with E-state index >= 15 is 0 Å². The van der Waals surface area contributed by atoms with Crippen molar-refractivity contribution < 1.29 is 22.7 Å². The summed E-state index contributed by atoms with van der Waals surface area (Å²) < 4.78 is 42.7. The first kappa shape index (κ1) is 18.5. The van der Waals surface area contributed by atoms with E-state index in [0.29, 0.717) is 0 Å². The largest absolute Gasteiger partial charge is 0.482 e. The topological polar surface area (TPSA) is 38.3 Å². The van der Waals surface area contributed by atoms with Crippen LogP contribution in [0.15, 0.2) is 40.2 Å². The number of anilines is 1. The third kappa shape index (κ3) is 6.01. The van der Waals surface area contributed by atoms with Crippen molar-refractivity contribution in [1.82, 2.24) is 0 Å². The minimum Gasteiger partial charge on any atom is -0.482 e. The summed E-state index contributed by atoms with van der Waals surface area (Å²) in [6.07, 6.45) is -1.52. The van der Waals surface area contributed by atoms with E-state index in [1.807, 2.05) is 12.1 Å². The SMILES string of the molecule is Cc1ccc(NC(=O)/C=C/c2ccc(Br)s2)c(OCC(F)(F)F)c1. The van der Waals surface area contributed by atoms with Crippen LogP contribution in [0.25, 0.3) is 6.08 Å². The molecule has 0 fully saturated rings. The predicted molar refractivity (Wildman–Crippen MR) is 92.4 cm³/mol. The zero-order valence-electron chi connectivity index (χ0n) is 12.5. The Balaban J connectivity index is 2.07. The average molecular weight is 420 g/mol. The lowest BCUT2D eigenvalue weighted by Gasteiger charge is -2.14. The lowest BCUT2D eigenvalue weighted by atomic mass is 10.2. The second-order valence-electron chi connectivity index (χ2n) is 4.87. The van der Waals surface area contributed by atoms with Crippen molar-refractivity contribution in [3.8, 4) is 5.75 Å². The molecule has 3 nitrogen and oxygen atoms in total. The van der Waals surface area contributed by atoms with Crippen molar-refractivity contribution in [2.75, 3.05) is 11.9 Å². The van der Waals surface area contributed by atoms with Gasteiger partial charge in [0.2, 0.25) is 5.91 Å². The fourth-order valence-corrected chi connectivity index (χ4v) is 3.09. The first-order valence-corrected chi connectivity index (χ1v) is 8.38. The summed E-state index contributed by atoms with van der Waals surface area (Å²) in [7, 11) is 0. The van der Waals surface area contributed by atoms with Gasteiger partial charge in [0.15, 0.2) is 6.61 Å². The molecule has 0 radical (unpaired) electrons. The molecule has 1 N–H and O–H groups in total. The standard InChI is InChI=1S/C16H13BrF3NO2S/c1-10-2-5-12(13(8-10)23-9-16(18,19)20)21-15(22)7-4-11-3-6-14(17)24-11/h2-8H,9H2,1H3,(H,21,22)/b7-4+. The molecule has 1 aromatic heterocycles. The Morgan fingerprint density at radius 1 is 1.33 bits per heavy atom. The van der Waals surface area contributed by atoms with Crippen LogP contribution in [0.2, 0.25) is 0 Å². The molecule has 128 valence electrons. The van der Waals surface area contributed by atoms with Gasteiger partial charge >= 0.3 is 6.18 Å². The first-order valence-electron chi connectivity index (χ1n) is 6.77. The van der Waals surface area contributed by atoms with E-state index in [4.69, 9.17) is 4.74 Å². The van der Waals surface area contributed by atoms with Crippen molar-refractivity contribution in [3.63, 3.8) is 0 Å². The maximum Gasteiger partial charge on any atom is 0.422 e. The molecule has 0 aliphatic carbocycles.